The Morgan fingerprint density at radius 3 is 2.76 bits per heavy atom. The van der Waals surface area contributed by atoms with E-state index in [1.165, 1.54) is 0 Å². The van der Waals surface area contributed by atoms with Crippen LogP contribution in [0.1, 0.15) is 19.8 Å². The third kappa shape index (κ3) is 4.93. The number of amides is 1. The number of benzene rings is 1. The summed E-state index contributed by atoms with van der Waals surface area (Å²) in [6, 6.07) is 7.25. The molecule has 0 radical (unpaired) electrons. The zero-order valence-electron chi connectivity index (χ0n) is 12.8. The van der Waals surface area contributed by atoms with E-state index in [9.17, 15) is 4.79 Å². The first-order valence-electron chi connectivity index (χ1n) is 7.36. The number of hydrogen-bond acceptors (Lipinski definition) is 4. The van der Waals surface area contributed by atoms with Crippen LogP contribution in [0.5, 0.6) is 11.5 Å². The predicted octanol–water partition coefficient (Wildman–Crippen LogP) is 1.58. The van der Waals surface area contributed by atoms with Crippen LogP contribution in [0, 0.1) is 5.41 Å². The van der Waals surface area contributed by atoms with E-state index in [-0.39, 0.29) is 17.9 Å². The number of piperidine rings is 1. The first kappa shape index (κ1) is 15.6. The van der Waals surface area contributed by atoms with E-state index in [0.29, 0.717) is 12.3 Å². The lowest BCUT2D eigenvalue weighted by atomic mass is 9.81. The second-order valence-electron chi connectivity index (χ2n) is 5.81. The summed E-state index contributed by atoms with van der Waals surface area (Å²) >= 11 is 0. The third-order valence-electron chi connectivity index (χ3n) is 3.93. The summed E-state index contributed by atoms with van der Waals surface area (Å²) in [5.74, 6) is 1.27. The van der Waals surface area contributed by atoms with Crippen LogP contribution >= 0.6 is 0 Å². The van der Waals surface area contributed by atoms with Gasteiger partial charge in [-0.3, -0.25) is 4.79 Å². The van der Waals surface area contributed by atoms with Crippen LogP contribution in [-0.4, -0.2) is 39.3 Å². The minimum atomic E-state index is -0.0856. The molecule has 1 aliphatic rings. The van der Waals surface area contributed by atoms with E-state index in [0.717, 1.165) is 31.7 Å². The van der Waals surface area contributed by atoms with Gasteiger partial charge in [-0.05, 0) is 43.5 Å². The van der Waals surface area contributed by atoms with Crippen LogP contribution < -0.4 is 20.1 Å². The van der Waals surface area contributed by atoms with Gasteiger partial charge in [-0.1, -0.05) is 13.0 Å². The molecule has 5 nitrogen and oxygen atoms in total. The Kier molecular flexibility index (Phi) is 5.44. The van der Waals surface area contributed by atoms with Crippen LogP contribution in [-0.2, 0) is 4.79 Å². The van der Waals surface area contributed by atoms with Crippen molar-refractivity contribution in [1.82, 2.24) is 10.6 Å². The van der Waals surface area contributed by atoms with Gasteiger partial charge >= 0.3 is 0 Å². The Bertz CT molecular complexity index is 470. The van der Waals surface area contributed by atoms with E-state index < -0.39 is 0 Å². The standard InChI is InChI=1S/C16H24N2O3/c1-16(6-8-17-9-7-16)12-18-15(19)11-21-14-5-3-4-13(10-14)20-2/h3-5,10,17H,6-9,11-12H2,1-2H3,(H,18,19). The molecule has 21 heavy (non-hydrogen) atoms. The first-order valence-corrected chi connectivity index (χ1v) is 7.36. The Morgan fingerprint density at radius 2 is 2.05 bits per heavy atom. The van der Waals surface area contributed by atoms with Gasteiger partial charge in [-0.25, -0.2) is 0 Å². The topological polar surface area (TPSA) is 59.6 Å². The summed E-state index contributed by atoms with van der Waals surface area (Å²) in [5, 5.41) is 6.30. The number of nitrogens with one attached hydrogen (secondary N) is 2. The predicted molar refractivity (Wildman–Crippen MR) is 81.7 cm³/mol. The van der Waals surface area contributed by atoms with E-state index >= 15 is 0 Å². The van der Waals surface area contributed by atoms with Crippen LogP contribution in [0.15, 0.2) is 24.3 Å². The van der Waals surface area contributed by atoms with Crippen molar-refractivity contribution in [3.8, 4) is 11.5 Å². The van der Waals surface area contributed by atoms with Crippen molar-refractivity contribution in [3.63, 3.8) is 0 Å². The Morgan fingerprint density at radius 1 is 1.33 bits per heavy atom. The Balaban J connectivity index is 1.74. The van der Waals surface area contributed by atoms with E-state index in [4.69, 9.17) is 9.47 Å². The minimum absolute atomic E-state index is 0.0293. The lowest BCUT2D eigenvalue weighted by molar-refractivity contribution is -0.123. The van der Waals surface area contributed by atoms with Crippen molar-refractivity contribution in [2.75, 3.05) is 33.4 Å². The molecule has 0 aromatic heterocycles. The molecule has 0 unspecified atom stereocenters. The molecule has 0 atom stereocenters. The summed E-state index contributed by atoms with van der Waals surface area (Å²) < 4.78 is 10.6. The molecule has 2 rings (SSSR count). The minimum Gasteiger partial charge on any atom is -0.497 e. The number of hydrogen-bond donors (Lipinski definition) is 2. The molecule has 1 aromatic carbocycles. The zero-order chi connectivity index (χ0) is 15.1. The second kappa shape index (κ2) is 7.31. The molecule has 116 valence electrons. The quantitative estimate of drug-likeness (QED) is 0.836. The maximum Gasteiger partial charge on any atom is 0.257 e. The van der Waals surface area contributed by atoms with Gasteiger partial charge in [-0.2, -0.15) is 0 Å². The van der Waals surface area contributed by atoms with Crippen molar-refractivity contribution in [2.45, 2.75) is 19.8 Å². The van der Waals surface area contributed by atoms with Gasteiger partial charge in [0.05, 0.1) is 7.11 Å². The number of carbonyl (C=O) groups is 1. The summed E-state index contributed by atoms with van der Waals surface area (Å²) in [6.07, 6.45) is 2.17. The monoisotopic (exact) mass is 292 g/mol. The van der Waals surface area contributed by atoms with Crippen LogP contribution in [0.3, 0.4) is 0 Å². The molecular weight excluding hydrogens is 268 g/mol. The molecular formula is C16H24N2O3. The van der Waals surface area contributed by atoms with Gasteiger partial charge in [-0.15, -0.1) is 0 Å². The molecule has 5 heteroatoms. The normalized spacial score (nSPS) is 17.0. The first-order chi connectivity index (χ1) is 10.1. The molecule has 0 spiro atoms. The number of methoxy groups -OCH3 is 1. The number of rotatable bonds is 6. The van der Waals surface area contributed by atoms with E-state index in [1.54, 1.807) is 13.2 Å². The van der Waals surface area contributed by atoms with Gasteiger partial charge in [0, 0.05) is 12.6 Å². The lowest BCUT2D eigenvalue weighted by Crippen LogP contribution is -2.43. The molecule has 0 aliphatic carbocycles. The zero-order valence-corrected chi connectivity index (χ0v) is 12.8. The highest BCUT2D eigenvalue weighted by atomic mass is 16.5. The number of ether oxygens (including phenoxy) is 2. The highest BCUT2D eigenvalue weighted by Crippen LogP contribution is 2.26. The Labute approximate surface area is 126 Å². The molecule has 1 heterocycles. The molecule has 1 aliphatic heterocycles. The van der Waals surface area contributed by atoms with E-state index in [2.05, 4.69) is 17.6 Å². The van der Waals surface area contributed by atoms with E-state index in [1.807, 2.05) is 18.2 Å². The van der Waals surface area contributed by atoms with Crippen molar-refractivity contribution in [2.24, 2.45) is 5.41 Å². The summed E-state index contributed by atoms with van der Waals surface area (Å²) in [4.78, 5) is 11.9. The Hall–Kier alpha value is -1.75. The fraction of sp³-hybridized carbons (Fsp3) is 0.562. The van der Waals surface area contributed by atoms with Crippen LogP contribution in [0.25, 0.3) is 0 Å². The summed E-state index contributed by atoms with van der Waals surface area (Å²) in [7, 11) is 1.60. The average Bonchev–Trinajstić information content (AvgIpc) is 2.52. The van der Waals surface area contributed by atoms with Gasteiger partial charge in [0.2, 0.25) is 0 Å². The molecule has 0 saturated carbocycles. The van der Waals surface area contributed by atoms with Crippen LogP contribution in [0.2, 0.25) is 0 Å². The molecule has 2 N–H and O–H groups in total. The second-order valence-corrected chi connectivity index (χ2v) is 5.81. The highest BCUT2D eigenvalue weighted by molar-refractivity contribution is 5.77. The SMILES string of the molecule is COc1cccc(OCC(=O)NCC2(C)CCNCC2)c1. The van der Waals surface area contributed by atoms with Crippen molar-refractivity contribution in [3.05, 3.63) is 24.3 Å². The van der Waals surface area contributed by atoms with Crippen molar-refractivity contribution < 1.29 is 14.3 Å². The van der Waals surface area contributed by atoms with Gasteiger partial charge < -0.3 is 20.1 Å². The lowest BCUT2D eigenvalue weighted by Gasteiger charge is -2.34. The van der Waals surface area contributed by atoms with Gasteiger partial charge in [0.1, 0.15) is 11.5 Å². The van der Waals surface area contributed by atoms with Crippen molar-refractivity contribution >= 4 is 5.91 Å². The fourth-order valence-electron chi connectivity index (χ4n) is 2.41. The summed E-state index contributed by atoms with van der Waals surface area (Å²) in [5.41, 5.74) is 0.191. The summed E-state index contributed by atoms with van der Waals surface area (Å²) in [6.45, 7) is 4.99. The van der Waals surface area contributed by atoms with Crippen LogP contribution in [0.4, 0.5) is 0 Å². The number of carbonyl (C=O) groups excluding carboxylic acids is 1. The fourth-order valence-corrected chi connectivity index (χ4v) is 2.41. The smallest absolute Gasteiger partial charge is 0.257 e. The molecule has 1 saturated heterocycles. The molecule has 0 bridgehead atoms. The maximum atomic E-state index is 11.9. The van der Waals surface area contributed by atoms with Gasteiger partial charge in [0.15, 0.2) is 6.61 Å². The molecule has 1 amide bonds. The highest BCUT2D eigenvalue weighted by Gasteiger charge is 2.26. The average molecular weight is 292 g/mol. The third-order valence-corrected chi connectivity index (χ3v) is 3.93. The van der Waals surface area contributed by atoms with Crippen molar-refractivity contribution in [1.29, 1.82) is 0 Å². The van der Waals surface area contributed by atoms with Gasteiger partial charge in [0.25, 0.3) is 5.91 Å². The largest absolute Gasteiger partial charge is 0.497 e. The maximum absolute atomic E-state index is 11.9. The molecule has 1 fully saturated rings. The molecule has 1 aromatic rings.